The molecule has 0 N–H and O–H groups in total. The largest absolute Gasteiger partial charge is 0.382 e. The SMILES string of the molecule is COCCOCCCN1CC(Cl)CC1=O. The van der Waals surface area contributed by atoms with E-state index in [0.29, 0.717) is 32.8 Å². The maximum atomic E-state index is 11.3. The number of carbonyl (C=O) groups excluding carboxylic acids is 1. The molecule has 0 aromatic rings. The van der Waals surface area contributed by atoms with Crippen molar-refractivity contribution in [2.45, 2.75) is 18.2 Å². The Morgan fingerprint density at radius 2 is 2.27 bits per heavy atom. The third-order valence-corrected chi connectivity index (χ3v) is 2.61. The number of carbonyl (C=O) groups is 1. The van der Waals surface area contributed by atoms with Crippen molar-refractivity contribution in [3.05, 3.63) is 0 Å². The first-order valence-electron chi connectivity index (χ1n) is 5.22. The predicted molar refractivity (Wildman–Crippen MR) is 58.2 cm³/mol. The molecule has 1 fully saturated rings. The van der Waals surface area contributed by atoms with Gasteiger partial charge in [0.15, 0.2) is 0 Å². The Labute approximate surface area is 95.5 Å². The first-order chi connectivity index (χ1) is 7.24. The summed E-state index contributed by atoms with van der Waals surface area (Å²) in [6.07, 6.45) is 1.34. The zero-order valence-corrected chi connectivity index (χ0v) is 9.83. The van der Waals surface area contributed by atoms with Crippen LogP contribution in [0.2, 0.25) is 0 Å². The van der Waals surface area contributed by atoms with Crippen molar-refractivity contribution in [3.63, 3.8) is 0 Å². The summed E-state index contributed by atoms with van der Waals surface area (Å²) in [5.74, 6) is 0.159. The lowest BCUT2D eigenvalue weighted by atomic mass is 10.4. The minimum Gasteiger partial charge on any atom is -0.382 e. The predicted octanol–water partition coefficient (Wildman–Crippen LogP) is 0.879. The first kappa shape index (κ1) is 12.7. The smallest absolute Gasteiger partial charge is 0.224 e. The Balaban J connectivity index is 1.98. The third kappa shape index (κ3) is 4.82. The van der Waals surface area contributed by atoms with Gasteiger partial charge in [0.05, 0.1) is 18.6 Å². The number of hydrogen-bond acceptors (Lipinski definition) is 3. The van der Waals surface area contributed by atoms with E-state index in [-0.39, 0.29) is 11.3 Å². The molecular formula is C10H18ClNO3. The quantitative estimate of drug-likeness (QED) is 0.486. The van der Waals surface area contributed by atoms with E-state index >= 15 is 0 Å². The average Bonchev–Trinajstić information content (AvgIpc) is 2.51. The number of rotatable bonds is 7. The minimum absolute atomic E-state index is 0.00749. The molecule has 1 amide bonds. The Morgan fingerprint density at radius 3 is 2.87 bits per heavy atom. The van der Waals surface area contributed by atoms with Crippen molar-refractivity contribution in [1.82, 2.24) is 4.90 Å². The van der Waals surface area contributed by atoms with Gasteiger partial charge in [-0.1, -0.05) is 0 Å². The molecule has 4 nitrogen and oxygen atoms in total. The number of halogens is 1. The van der Waals surface area contributed by atoms with Gasteiger partial charge in [-0.05, 0) is 6.42 Å². The van der Waals surface area contributed by atoms with Crippen LogP contribution < -0.4 is 0 Å². The highest BCUT2D eigenvalue weighted by Crippen LogP contribution is 2.16. The normalized spacial score (nSPS) is 21.3. The summed E-state index contributed by atoms with van der Waals surface area (Å²) < 4.78 is 10.1. The van der Waals surface area contributed by atoms with Crippen LogP contribution in [0, 0.1) is 0 Å². The molecular weight excluding hydrogens is 218 g/mol. The highest BCUT2D eigenvalue weighted by atomic mass is 35.5. The zero-order chi connectivity index (χ0) is 11.1. The molecule has 1 atom stereocenters. The van der Waals surface area contributed by atoms with Crippen LogP contribution in [-0.2, 0) is 14.3 Å². The number of ether oxygens (including phenoxy) is 2. The lowest BCUT2D eigenvalue weighted by molar-refractivity contribution is -0.127. The van der Waals surface area contributed by atoms with E-state index in [9.17, 15) is 4.79 Å². The van der Waals surface area contributed by atoms with E-state index < -0.39 is 0 Å². The highest BCUT2D eigenvalue weighted by Gasteiger charge is 2.27. The molecule has 0 aromatic heterocycles. The van der Waals surface area contributed by atoms with Gasteiger partial charge in [0.1, 0.15) is 0 Å². The van der Waals surface area contributed by atoms with Crippen LogP contribution in [0.15, 0.2) is 0 Å². The molecule has 0 bridgehead atoms. The number of likely N-dealkylation sites (tertiary alicyclic amines) is 1. The molecule has 1 rings (SSSR count). The summed E-state index contributed by atoms with van der Waals surface area (Å²) in [4.78, 5) is 13.1. The van der Waals surface area contributed by atoms with E-state index in [1.165, 1.54) is 0 Å². The van der Waals surface area contributed by atoms with Crippen LogP contribution in [0.5, 0.6) is 0 Å². The Bertz CT molecular complexity index is 201. The summed E-state index contributed by atoms with van der Waals surface area (Å²) in [6.45, 7) is 3.32. The van der Waals surface area contributed by atoms with Gasteiger partial charge in [0.2, 0.25) is 5.91 Å². The fraction of sp³-hybridized carbons (Fsp3) is 0.900. The van der Waals surface area contributed by atoms with Crippen LogP contribution in [0.3, 0.4) is 0 Å². The first-order valence-corrected chi connectivity index (χ1v) is 5.66. The molecule has 0 radical (unpaired) electrons. The van der Waals surface area contributed by atoms with Gasteiger partial charge in [-0.3, -0.25) is 4.79 Å². The molecule has 0 saturated carbocycles. The summed E-state index contributed by atoms with van der Waals surface area (Å²) in [5.41, 5.74) is 0. The van der Waals surface area contributed by atoms with Crippen LogP contribution in [-0.4, -0.2) is 56.2 Å². The number of nitrogens with zero attached hydrogens (tertiary/aromatic N) is 1. The molecule has 1 heterocycles. The zero-order valence-electron chi connectivity index (χ0n) is 9.08. The second-order valence-corrected chi connectivity index (χ2v) is 4.22. The fourth-order valence-electron chi connectivity index (χ4n) is 1.54. The van der Waals surface area contributed by atoms with Gasteiger partial charge in [-0.15, -0.1) is 11.6 Å². The lowest BCUT2D eigenvalue weighted by Gasteiger charge is -2.15. The Kier molecular flexibility index (Phi) is 5.98. The molecule has 1 unspecified atom stereocenters. The van der Waals surface area contributed by atoms with E-state index in [0.717, 1.165) is 13.0 Å². The molecule has 0 aliphatic carbocycles. The second-order valence-electron chi connectivity index (χ2n) is 3.60. The van der Waals surface area contributed by atoms with Crippen molar-refractivity contribution < 1.29 is 14.3 Å². The van der Waals surface area contributed by atoms with Crippen molar-refractivity contribution >= 4 is 17.5 Å². The van der Waals surface area contributed by atoms with Crippen LogP contribution in [0.4, 0.5) is 0 Å². The summed E-state index contributed by atoms with van der Waals surface area (Å²) >= 11 is 5.87. The number of methoxy groups -OCH3 is 1. The van der Waals surface area contributed by atoms with Gasteiger partial charge in [-0.2, -0.15) is 0 Å². The Morgan fingerprint density at radius 1 is 1.47 bits per heavy atom. The van der Waals surface area contributed by atoms with Gasteiger partial charge in [-0.25, -0.2) is 0 Å². The van der Waals surface area contributed by atoms with E-state index in [2.05, 4.69) is 0 Å². The van der Waals surface area contributed by atoms with E-state index in [4.69, 9.17) is 21.1 Å². The van der Waals surface area contributed by atoms with Crippen molar-refractivity contribution in [2.75, 3.05) is 40.0 Å². The molecule has 88 valence electrons. The molecule has 15 heavy (non-hydrogen) atoms. The number of amides is 1. The van der Waals surface area contributed by atoms with Crippen LogP contribution in [0.25, 0.3) is 0 Å². The standard InChI is InChI=1S/C10H18ClNO3/c1-14-5-6-15-4-2-3-12-8-9(11)7-10(12)13/h9H,2-8H2,1H3. The molecule has 1 aliphatic heterocycles. The summed E-state index contributed by atoms with van der Waals surface area (Å²) in [5, 5.41) is -0.00749. The molecule has 0 spiro atoms. The van der Waals surface area contributed by atoms with E-state index in [1.807, 2.05) is 0 Å². The highest BCUT2D eigenvalue weighted by molar-refractivity contribution is 6.22. The lowest BCUT2D eigenvalue weighted by Crippen LogP contribution is -2.27. The van der Waals surface area contributed by atoms with Crippen molar-refractivity contribution in [2.24, 2.45) is 0 Å². The van der Waals surface area contributed by atoms with Crippen LogP contribution >= 0.6 is 11.6 Å². The Hall–Kier alpha value is -0.320. The maximum Gasteiger partial charge on any atom is 0.224 e. The second kappa shape index (κ2) is 7.04. The molecule has 5 heteroatoms. The maximum absolute atomic E-state index is 11.3. The molecule has 1 aliphatic rings. The van der Waals surface area contributed by atoms with Crippen molar-refractivity contribution in [3.8, 4) is 0 Å². The van der Waals surface area contributed by atoms with Gasteiger partial charge in [0, 0.05) is 33.2 Å². The topological polar surface area (TPSA) is 38.8 Å². The number of alkyl halides is 1. The third-order valence-electron chi connectivity index (χ3n) is 2.32. The summed E-state index contributed by atoms with van der Waals surface area (Å²) in [6, 6.07) is 0. The molecule has 1 saturated heterocycles. The van der Waals surface area contributed by atoms with Crippen LogP contribution in [0.1, 0.15) is 12.8 Å². The van der Waals surface area contributed by atoms with E-state index in [1.54, 1.807) is 12.0 Å². The monoisotopic (exact) mass is 235 g/mol. The van der Waals surface area contributed by atoms with Gasteiger partial charge >= 0.3 is 0 Å². The molecule has 0 aromatic carbocycles. The minimum atomic E-state index is -0.00749. The van der Waals surface area contributed by atoms with Gasteiger partial charge < -0.3 is 14.4 Å². The van der Waals surface area contributed by atoms with Gasteiger partial charge in [0.25, 0.3) is 0 Å². The summed E-state index contributed by atoms with van der Waals surface area (Å²) in [7, 11) is 1.65. The van der Waals surface area contributed by atoms with Crippen molar-refractivity contribution in [1.29, 1.82) is 0 Å². The fourth-order valence-corrected chi connectivity index (χ4v) is 1.84. The average molecular weight is 236 g/mol. The number of hydrogen-bond donors (Lipinski definition) is 0.